The highest BCUT2D eigenvalue weighted by Crippen LogP contribution is 2.35. The molecule has 0 atom stereocenters. The molecule has 0 fully saturated rings. The summed E-state index contributed by atoms with van der Waals surface area (Å²) < 4.78 is 47.0. The Morgan fingerprint density at radius 3 is 2.44 bits per heavy atom. The van der Waals surface area contributed by atoms with Crippen LogP contribution < -0.4 is 18.5 Å². The Balaban J connectivity index is 1.56. The molecule has 14 heteroatoms. The number of nitrogens with zero attached hydrogens (tertiary/aromatic N) is 5. The molecule has 1 N–H and O–H groups in total. The lowest BCUT2D eigenvalue weighted by molar-refractivity contribution is 0.201. The van der Waals surface area contributed by atoms with Gasteiger partial charge in [0.15, 0.2) is 5.82 Å². The second-order valence-corrected chi connectivity index (χ2v) is 10.5. The van der Waals surface area contributed by atoms with Crippen molar-refractivity contribution >= 4 is 49.6 Å². The van der Waals surface area contributed by atoms with Crippen LogP contribution in [0.5, 0.6) is 11.9 Å². The number of hydrogen-bond acceptors (Lipinski definition) is 10. The van der Waals surface area contributed by atoms with Gasteiger partial charge in [-0.3, -0.25) is 0 Å². The number of nitrogens with one attached hydrogen (secondary N) is 1. The van der Waals surface area contributed by atoms with Gasteiger partial charge in [-0.2, -0.15) is 8.42 Å². The SMILES string of the molecule is CSc1cnc(OCCOc2ncnc(NS(=O)(=O)N(C)c3ccco3)c2-c2ccc(Br)cc2)nc1. The van der Waals surface area contributed by atoms with Gasteiger partial charge in [-0.25, -0.2) is 29.0 Å². The molecule has 0 aliphatic heterocycles. The summed E-state index contributed by atoms with van der Waals surface area (Å²) >= 11 is 4.94. The number of halogens is 1. The van der Waals surface area contributed by atoms with E-state index in [0.29, 0.717) is 11.1 Å². The Morgan fingerprint density at radius 2 is 1.78 bits per heavy atom. The number of aromatic nitrogens is 4. The van der Waals surface area contributed by atoms with Gasteiger partial charge in [0.1, 0.15) is 19.5 Å². The molecule has 0 bridgehead atoms. The van der Waals surface area contributed by atoms with E-state index in [2.05, 4.69) is 40.6 Å². The molecule has 3 aromatic heterocycles. The molecule has 0 spiro atoms. The van der Waals surface area contributed by atoms with E-state index >= 15 is 0 Å². The minimum absolute atomic E-state index is 0.0395. The van der Waals surface area contributed by atoms with Gasteiger partial charge >= 0.3 is 16.2 Å². The highest BCUT2D eigenvalue weighted by atomic mass is 79.9. The molecule has 0 radical (unpaired) electrons. The monoisotopic (exact) mass is 592 g/mol. The van der Waals surface area contributed by atoms with Gasteiger partial charge in [0, 0.05) is 34.9 Å². The van der Waals surface area contributed by atoms with Crippen LogP contribution in [0.4, 0.5) is 11.7 Å². The van der Waals surface area contributed by atoms with Crippen LogP contribution in [0.25, 0.3) is 11.1 Å². The van der Waals surface area contributed by atoms with Gasteiger partial charge in [-0.05, 0) is 30.0 Å². The van der Waals surface area contributed by atoms with Gasteiger partial charge in [0.05, 0.1) is 11.8 Å². The van der Waals surface area contributed by atoms with Gasteiger partial charge in [0.2, 0.25) is 11.8 Å². The summed E-state index contributed by atoms with van der Waals surface area (Å²) in [6.45, 7) is 0.247. The summed E-state index contributed by atoms with van der Waals surface area (Å²) in [5.74, 6) is 0.355. The molecule has 4 aromatic rings. The van der Waals surface area contributed by atoms with Crippen LogP contribution in [-0.2, 0) is 10.2 Å². The van der Waals surface area contributed by atoms with Crippen LogP contribution in [0.1, 0.15) is 0 Å². The Morgan fingerprint density at radius 1 is 1.06 bits per heavy atom. The fourth-order valence-electron chi connectivity index (χ4n) is 2.95. The first-order chi connectivity index (χ1) is 17.4. The molecule has 11 nitrogen and oxygen atoms in total. The van der Waals surface area contributed by atoms with Crippen molar-refractivity contribution in [3.63, 3.8) is 0 Å². The largest absolute Gasteiger partial charge is 0.473 e. The van der Waals surface area contributed by atoms with Crippen molar-refractivity contribution < 1.29 is 22.3 Å². The lowest BCUT2D eigenvalue weighted by Gasteiger charge is -2.19. The second kappa shape index (κ2) is 11.6. The van der Waals surface area contributed by atoms with Crippen molar-refractivity contribution in [2.45, 2.75) is 4.90 Å². The van der Waals surface area contributed by atoms with E-state index in [-0.39, 0.29) is 36.8 Å². The molecule has 4 rings (SSSR count). The first-order valence-electron chi connectivity index (χ1n) is 10.4. The molecule has 0 aliphatic rings. The summed E-state index contributed by atoms with van der Waals surface area (Å²) in [6, 6.07) is 10.6. The van der Waals surface area contributed by atoms with E-state index in [1.807, 2.05) is 18.4 Å². The number of benzene rings is 1. The molecule has 0 unspecified atom stereocenters. The van der Waals surface area contributed by atoms with E-state index in [1.54, 1.807) is 30.6 Å². The molecular weight excluding hydrogens is 572 g/mol. The highest BCUT2D eigenvalue weighted by Gasteiger charge is 2.25. The van der Waals surface area contributed by atoms with Crippen LogP contribution in [-0.4, -0.2) is 54.9 Å². The first kappa shape index (κ1) is 25.7. The van der Waals surface area contributed by atoms with Crippen LogP contribution in [0, 0.1) is 0 Å². The number of ether oxygens (including phenoxy) is 2. The summed E-state index contributed by atoms with van der Waals surface area (Å²) in [5, 5.41) is 0. The van der Waals surface area contributed by atoms with Crippen LogP contribution in [0.2, 0.25) is 0 Å². The number of furan rings is 1. The number of hydrogen-bond donors (Lipinski definition) is 1. The minimum Gasteiger partial charge on any atom is -0.473 e. The predicted molar refractivity (Wildman–Crippen MR) is 140 cm³/mol. The third-order valence-corrected chi connectivity index (χ3v) is 7.30. The van der Waals surface area contributed by atoms with E-state index < -0.39 is 10.2 Å². The maximum atomic E-state index is 13.0. The van der Waals surface area contributed by atoms with Gasteiger partial charge in [-0.15, -0.1) is 11.8 Å². The summed E-state index contributed by atoms with van der Waals surface area (Å²) in [7, 11) is -2.70. The van der Waals surface area contributed by atoms with Crippen molar-refractivity contribution in [3.05, 3.63) is 65.9 Å². The second-order valence-electron chi connectivity index (χ2n) is 7.04. The molecule has 0 saturated heterocycles. The topological polar surface area (TPSA) is 133 Å². The Bertz CT molecular complexity index is 1390. The van der Waals surface area contributed by atoms with E-state index in [1.165, 1.54) is 37.5 Å². The quantitative estimate of drug-likeness (QED) is 0.199. The smallest absolute Gasteiger partial charge is 0.327 e. The van der Waals surface area contributed by atoms with Crippen LogP contribution >= 0.6 is 27.7 Å². The van der Waals surface area contributed by atoms with Crippen LogP contribution in [0.3, 0.4) is 0 Å². The molecule has 0 saturated carbocycles. The predicted octanol–water partition coefficient (Wildman–Crippen LogP) is 4.26. The molecule has 1 aromatic carbocycles. The van der Waals surface area contributed by atoms with Crippen LogP contribution in [0.15, 0.2) is 75.2 Å². The minimum atomic E-state index is -4.07. The van der Waals surface area contributed by atoms with Crippen molar-refractivity contribution in [1.29, 1.82) is 0 Å². The van der Waals surface area contributed by atoms with E-state index in [9.17, 15) is 8.42 Å². The average molecular weight is 593 g/mol. The average Bonchev–Trinajstić information content (AvgIpc) is 3.42. The van der Waals surface area contributed by atoms with Gasteiger partial charge < -0.3 is 13.9 Å². The standard InChI is InChI=1S/C22H21BrN6O5S2/c1-29(18-4-3-9-32-18)36(30,31)28-20-19(15-5-7-16(23)8-6-15)21(27-14-26-20)33-10-11-34-22-24-12-17(35-2)13-25-22/h3-9,12-14H,10-11H2,1-2H3,(H,26,27,28). The third-order valence-electron chi connectivity index (χ3n) is 4.74. The zero-order chi connectivity index (χ0) is 25.5. The normalized spacial score (nSPS) is 11.2. The van der Waals surface area contributed by atoms with Crippen molar-refractivity contribution in [2.24, 2.45) is 0 Å². The Labute approximate surface area is 220 Å². The van der Waals surface area contributed by atoms with Crippen molar-refractivity contribution in [3.8, 4) is 23.0 Å². The summed E-state index contributed by atoms with van der Waals surface area (Å²) in [6.07, 6.45) is 7.87. The zero-order valence-corrected chi connectivity index (χ0v) is 22.4. The maximum absolute atomic E-state index is 13.0. The summed E-state index contributed by atoms with van der Waals surface area (Å²) in [5.41, 5.74) is 1.01. The third kappa shape index (κ3) is 6.25. The lowest BCUT2D eigenvalue weighted by atomic mass is 10.1. The fourth-order valence-corrected chi connectivity index (χ4v) is 4.40. The number of rotatable bonds is 11. The lowest BCUT2D eigenvalue weighted by Crippen LogP contribution is -2.32. The summed E-state index contributed by atoms with van der Waals surface area (Å²) in [4.78, 5) is 17.6. The van der Waals surface area contributed by atoms with E-state index in [4.69, 9.17) is 13.9 Å². The van der Waals surface area contributed by atoms with Gasteiger partial charge in [0.25, 0.3) is 0 Å². The molecule has 3 heterocycles. The van der Waals surface area contributed by atoms with Gasteiger partial charge in [-0.1, -0.05) is 28.1 Å². The molecule has 0 amide bonds. The molecule has 0 aliphatic carbocycles. The van der Waals surface area contributed by atoms with Crippen molar-refractivity contribution in [1.82, 2.24) is 19.9 Å². The number of anilines is 2. The van der Waals surface area contributed by atoms with Crippen molar-refractivity contribution in [2.75, 3.05) is 35.5 Å². The molecule has 36 heavy (non-hydrogen) atoms. The Kier molecular flexibility index (Phi) is 8.28. The maximum Gasteiger partial charge on any atom is 0.327 e. The van der Waals surface area contributed by atoms with E-state index in [0.717, 1.165) is 13.7 Å². The first-order valence-corrected chi connectivity index (χ1v) is 13.9. The molecular formula is C22H21BrN6O5S2. The highest BCUT2D eigenvalue weighted by molar-refractivity contribution is 9.10. The zero-order valence-electron chi connectivity index (χ0n) is 19.2. The molecule has 188 valence electrons. The number of thioether (sulfide) groups is 1. The Hall–Kier alpha value is -3.36. The fraction of sp³-hybridized carbons (Fsp3) is 0.182.